The maximum absolute atomic E-state index is 13.8. The molecule has 2 heterocycles. The SMILES string of the molecule is CCC[C@@]1(CCc2ccccc2)CC(OCC)=C([C@H](CC)c2cccc(NS(=O)(=O)c3ccc(C(F)(F)F)cn3)c2)C(=O)O1. The Morgan fingerprint density at radius 3 is 2.39 bits per heavy atom. The Hall–Kier alpha value is -3.86. The van der Waals surface area contributed by atoms with E-state index in [0.717, 1.165) is 24.5 Å². The monoisotopic (exact) mass is 630 g/mol. The molecular formula is C33H37F3N2O5S. The van der Waals surface area contributed by atoms with Gasteiger partial charge in [0.25, 0.3) is 10.0 Å². The summed E-state index contributed by atoms with van der Waals surface area (Å²) in [5, 5.41) is -0.553. The number of hydrogen-bond donors (Lipinski definition) is 1. The van der Waals surface area contributed by atoms with Crippen LogP contribution < -0.4 is 4.72 Å². The van der Waals surface area contributed by atoms with Gasteiger partial charge in [0, 0.05) is 24.2 Å². The van der Waals surface area contributed by atoms with Crippen LogP contribution in [0.1, 0.15) is 75.5 Å². The molecule has 1 N–H and O–H groups in total. The fourth-order valence-corrected chi connectivity index (χ4v) is 6.63. The molecule has 4 rings (SSSR count). The van der Waals surface area contributed by atoms with E-state index in [-0.39, 0.29) is 5.69 Å². The van der Waals surface area contributed by atoms with Crippen LogP contribution in [-0.4, -0.2) is 31.6 Å². The number of hydrogen-bond acceptors (Lipinski definition) is 6. The van der Waals surface area contributed by atoms with Crippen molar-refractivity contribution in [3.8, 4) is 0 Å². The van der Waals surface area contributed by atoms with Gasteiger partial charge in [-0.2, -0.15) is 21.6 Å². The average Bonchev–Trinajstić information content (AvgIpc) is 2.98. The van der Waals surface area contributed by atoms with E-state index in [2.05, 4.69) is 28.8 Å². The number of nitrogens with zero attached hydrogens (tertiary/aromatic N) is 1. The fraction of sp³-hybridized carbons (Fsp3) is 0.394. The Morgan fingerprint density at radius 1 is 1.02 bits per heavy atom. The van der Waals surface area contributed by atoms with Gasteiger partial charge in [-0.3, -0.25) is 4.72 Å². The number of rotatable bonds is 13. The average molecular weight is 631 g/mol. The van der Waals surface area contributed by atoms with Crippen molar-refractivity contribution < 1.29 is 35.9 Å². The van der Waals surface area contributed by atoms with Crippen LogP contribution in [0.3, 0.4) is 0 Å². The molecule has 7 nitrogen and oxygen atoms in total. The van der Waals surface area contributed by atoms with Crippen LogP contribution in [0.15, 0.2) is 89.3 Å². The van der Waals surface area contributed by atoms with E-state index in [9.17, 15) is 26.4 Å². The summed E-state index contributed by atoms with van der Waals surface area (Å²) in [5.41, 5.74) is 0.636. The number of aromatic nitrogens is 1. The number of halogens is 3. The van der Waals surface area contributed by atoms with Gasteiger partial charge in [-0.1, -0.05) is 62.7 Å². The van der Waals surface area contributed by atoms with E-state index in [0.29, 0.717) is 61.4 Å². The molecule has 0 fully saturated rings. The van der Waals surface area contributed by atoms with Gasteiger partial charge in [0.2, 0.25) is 0 Å². The van der Waals surface area contributed by atoms with Crippen molar-refractivity contribution in [2.24, 2.45) is 0 Å². The summed E-state index contributed by atoms with van der Waals surface area (Å²) in [6.07, 6.45) is -0.325. The number of ether oxygens (including phenoxy) is 2. The molecule has 2 aromatic carbocycles. The van der Waals surface area contributed by atoms with Gasteiger partial charge in [0.15, 0.2) is 5.03 Å². The first-order valence-corrected chi connectivity index (χ1v) is 16.2. The predicted molar refractivity (Wildman–Crippen MR) is 161 cm³/mol. The molecule has 0 bridgehead atoms. The van der Waals surface area contributed by atoms with Crippen molar-refractivity contribution >= 4 is 21.7 Å². The molecule has 236 valence electrons. The van der Waals surface area contributed by atoms with E-state index in [1.54, 1.807) is 18.2 Å². The number of pyridine rings is 1. The minimum absolute atomic E-state index is 0.175. The molecule has 1 aliphatic rings. The molecule has 0 unspecified atom stereocenters. The zero-order valence-electron chi connectivity index (χ0n) is 25.0. The lowest BCUT2D eigenvalue weighted by molar-refractivity contribution is -0.161. The zero-order chi connectivity index (χ0) is 32.0. The normalized spacial score (nSPS) is 18.1. The van der Waals surface area contributed by atoms with Crippen molar-refractivity contribution in [1.82, 2.24) is 4.98 Å². The van der Waals surface area contributed by atoms with Crippen LogP contribution in [0.2, 0.25) is 0 Å². The van der Waals surface area contributed by atoms with Crippen LogP contribution in [-0.2, 0) is 36.9 Å². The highest BCUT2D eigenvalue weighted by Crippen LogP contribution is 2.43. The molecule has 0 saturated heterocycles. The van der Waals surface area contributed by atoms with Crippen molar-refractivity contribution in [3.05, 3.63) is 101 Å². The number of cyclic esters (lactones) is 1. The third kappa shape index (κ3) is 7.80. The molecule has 2 atom stereocenters. The standard InChI is InChI=1S/C33H37F3N2O5S/c1-4-18-32(19-17-23-11-8-7-9-12-23)21-28(42-6-3)30(31(39)43-32)27(5-2)24-13-10-14-26(20-24)38-44(40,41)29-16-15-25(22-37-29)33(34,35)36/h7-16,20,22,27,38H,4-6,17-19,21H2,1-3H3/t27-,32-/m1/s1. The number of carbonyl (C=O) groups excluding carboxylic acids is 1. The molecule has 1 aromatic heterocycles. The van der Waals surface area contributed by atoms with Crippen molar-refractivity contribution in [1.29, 1.82) is 0 Å². The molecule has 0 radical (unpaired) electrons. The number of nitrogens with one attached hydrogen (secondary N) is 1. The van der Waals surface area contributed by atoms with E-state index < -0.39 is 44.3 Å². The second kappa shape index (κ2) is 13.8. The van der Waals surface area contributed by atoms with E-state index in [1.807, 2.05) is 32.0 Å². The third-order valence-corrected chi connectivity index (χ3v) is 8.98. The molecule has 0 aliphatic carbocycles. The van der Waals surface area contributed by atoms with E-state index in [4.69, 9.17) is 9.47 Å². The molecule has 0 saturated carbocycles. The largest absolute Gasteiger partial charge is 0.497 e. The Balaban J connectivity index is 1.62. The Kier molecular flexibility index (Phi) is 10.4. The summed E-state index contributed by atoms with van der Waals surface area (Å²) in [6.45, 7) is 6.20. The minimum Gasteiger partial charge on any atom is -0.497 e. The van der Waals surface area contributed by atoms with Crippen LogP contribution >= 0.6 is 0 Å². The van der Waals surface area contributed by atoms with Gasteiger partial charge in [-0.15, -0.1) is 0 Å². The Labute approximate surface area is 256 Å². The molecule has 3 aromatic rings. The van der Waals surface area contributed by atoms with Crippen LogP contribution in [0.4, 0.5) is 18.9 Å². The summed E-state index contributed by atoms with van der Waals surface area (Å²) in [7, 11) is -4.29. The minimum atomic E-state index is -4.64. The summed E-state index contributed by atoms with van der Waals surface area (Å²) in [4.78, 5) is 17.3. The van der Waals surface area contributed by atoms with Crippen LogP contribution in [0.25, 0.3) is 0 Å². The maximum Gasteiger partial charge on any atom is 0.417 e. The quantitative estimate of drug-likeness (QED) is 0.194. The van der Waals surface area contributed by atoms with Gasteiger partial charge in [0.05, 0.1) is 17.7 Å². The number of esters is 1. The molecule has 44 heavy (non-hydrogen) atoms. The predicted octanol–water partition coefficient (Wildman–Crippen LogP) is 7.80. The van der Waals surface area contributed by atoms with E-state index in [1.165, 1.54) is 6.07 Å². The van der Waals surface area contributed by atoms with E-state index >= 15 is 0 Å². The van der Waals surface area contributed by atoms with Crippen LogP contribution in [0.5, 0.6) is 0 Å². The summed E-state index contributed by atoms with van der Waals surface area (Å²) in [6, 6.07) is 18.1. The number of carbonyl (C=O) groups is 1. The molecule has 11 heteroatoms. The smallest absolute Gasteiger partial charge is 0.417 e. The first kappa shape index (κ1) is 33.0. The maximum atomic E-state index is 13.8. The topological polar surface area (TPSA) is 94.6 Å². The van der Waals surface area contributed by atoms with Gasteiger partial charge in [-0.25, -0.2) is 9.78 Å². The highest BCUT2D eigenvalue weighted by atomic mass is 32.2. The summed E-state index contributed by atoms with van der Waals surface area (Å²) < 4.78 is 79.4. The third-order valence-electron chi connectivity index (χ3n) is 7.69. The van der Waals surface area contributed by atoms with Crippen molar-refractivity contribution in [2.75, 3.05) is 11.3 Å². The molecular weight excluding hydrogens is 593 g/mol. The first-order valence-electron chi connectivity index (χ1n) is 14.7. The van der Waals surface area contributed by atoms with Gasteiger partial charge in [-0.05, 0) is 68.0 Å². The van der Waals surface area contributed by atoms with Gasteiger partial charge in [0.1, 0.15) is 11.4 Å². The zero-order valence-corrected chi connectivity index (χ0v) is 25.8. The Morgan fingerprint density at radius 2 is 1.77 bits per heavy atom. The highest BCUT2D eigenvalue weighted by Gasteiger charge is 2.44. The molecule has 1 aliphatic heterocycles. The summed E-state index contributed by atoms with van der Waals surface area (Å²) in [5.74, 6) is -0.323. The van der Waals surface area contributed by atoms with Crippen molar-refractivity contribution in [3.63, 3.8) is 0 Å². The van der Waals surface area contributed by atoms with Gasteiger partial charge < -0.3 is 9.47 Å². The lowest BCUT2D eigenvalue weighted by atomic mass is 9.80. The van der Waals surface area contributed by atoms with Crippen LogP contribution in [0, 0.1) is 0 Å². The number of sulfonamides is 1. The molecule has 0 amide bonds. The number of anilines is 1. The first-order chi connectivity index (χ1) is 20.9. The lowest BCUT2D eigenvalue weighted by Gasteiger charge is -2.40. The second-order valence-corrected chi connectivity index (χ2v) is 12.5. The fourth-order valence-electron chi connectivity index (χ4n) is 5.65. The lowest BCUT2D eigenvalue weighted by Crippen LogP contribution is -2.42. The molecule has 0 spiro atoms. The van der Waals surface area contributed by atoms with Gasteiger partial charge >= 0.3 is 12.1 Å². The number of alkyl halides is 3. The number of aryl methyl sites for hydroxylation is 1. The highest BCUT2D eigenvalue weighted by molar-refractivity contribution is 7.92. The Bertz CT molecular complexity index is 1570. The second-order valence-electron chi connectivity index (χ2n) is 10.8. The summed E-state index contributed by atoms with van der Waals surface area (Å²) >= 11 is 0. The van der Waals surface area contributed by atoms with Crippen molar-refractivity contribution in [2.45, 2.75) is 82.0 Å². The number of benzene rings is 2.